The lowest BCUT2D eigenvalue weighted by Crippen LogP contribution is -2.30. The van der Waals surface area contributed by atoms with Crippen molar-refractivity contribution < 1.29 is 14.3 Å². The Morgan fingerprint density at radius 3 is 2.71 bits per heavy atom. The first kappa shape index (κ1) is 11.3. The van der Waals surface area contributed by atoms with E-state index in [0.717, 1.165) is 0 Å². The second-order valence-corrected chi connectivity index (χ2v) is 3.58. The van der Waals surface area contributed by atoms with Crippen LogP contribution in [0.1, 0.15) is 5.56 Å². The van der Waals surface area contributed by atoms with Crippen molar-refractivity contribution in [2.45, 2.75) is 0 Å². The average molecular weight is 257 g/mol. The highest BCUT2D eigenvalue weighted by Gasteiger charge is 2.15. The molecule has 0 unspecified atom stereocenters. The van der Waals surface area contributed by atoms with Crippen LogP contribution in [0, 0.1) is 5.21 Å². The third-order valence-electron chi connectivity index (χ3n) is 2.01. The molecule has 0 spiro atoms. The number of hydrazone groups is 1. The van der Waals surface area contributed by atoms with Crippen LogP contribution < -0.4 is 20.9 Å². The second kappa shape index (κ2) is 4.38. The van der Waals surface area contributed by atoms with Crippen LogP contribution in [0.5, 0.6) is 11.5 Å². The van der Waals surface area contributed by atoms with E-state index in [-0.39, 0.29) is 11.6 Å². The number of nitrogens with zero attached hydrogens (tertiary/aromatic N) is 2. The quantitative estimate of drug-likeness (QED) is 0.258. The van der Waals surface area contributed by atoms with E-state index in [4.69, 9.17) is 32.5 Å². The normalized spacial score (nSPS) is 13.0. The van der Waals surface area contributed by atoms with Crippen molar-refractivity contribution in [1.29, 1.82) is 0 Å². The van der Waals surface area contributed by atoms with Gasteiger partial charge in [-0.1, -0.05) is 11.6 Å². The lowest BCUT2D eigenvalue weighted by atomic mass is 10.2. The molecule has 0 amide bonds. The van der Waals surface area contributed by atoms with Crippen LogP contribution >= 0.6 is 11.6 Å². The summed E-state index contributed by atoms with van der Waals surface area (Å²) in [7, 11) is 0. The Labute approximate surface area is 101 Å². The van der Waals surface area contributed by atoms with Crippen molar-refractivity contribution in [3.05, 3.63) is 27.9 Å². The molecule has 1 heterocycles. The van der Waals surface area contributed by atoms with E-state index in [2.05, 4.69) is 5.10 Å². The molecule has 4 N–H and O–H groups in total. The fourth-order valence-corrected chi connectivity index (χ4v) is 1.42. The van der Waals surface area contributed by atoms with Crippen molar-refractivity contribution in [1.82, 2.24) is 0 Å². The van der Waals surface area contributed by atoms with E-state index in [1.165, 1.54) is 6.21 Å². The summed E-state index contributed by atoms with van der Waals surface area (Å²) in [6.07, 6.45) is 1.23. The molecule has 8 heteroatoms. The molecule has 0 saturated carbocycles. The summed E-state index contributed by atoms with van der Waals surface area (Å²) in [5.74, 6) is 0.632. The van der Waals surface area contributed by atoms with Gasteiger partial charge in [0.15, 0.2) is 11.5 Å². The maximum atomic E-state index is 11.0. The zero-order valence-electron chi connectivity index (χ0n) is 8.59. The summed E-state index contributed by atoms with van der Waals surface area (Å²) in [5.41, 5.74) is 10.6. The van der Waals surface area contributed by atoms with Crippen LogP contribution in [0.3, 0.4) is 0 Å². The fraction of sp³-hybridized carbons (Fsp3) is 0.111. The highest BCUT2D eigenvalue weighted by Crippen LogP contribution is 2.36. The summed E-state index contributed by atoms with van der Waals surface area (Å²) in [5, 5.41) is 14.8. The van der Waals surface area contributed by atoms with Crippen LogP contribution in [0.4, 0.5) is 0 Å². The molecule has 0 aromatic heterocycles. The maximum Gasteiger partial charge on any atom is 0.366 e. The first-order valence-corrected chi connectivity index (χ1v) is 4.94. The summed E-state index contributed by atoms with van der Waals surface area (Å²) in [4.78, 5) is 0.0842. The van der Waals surface area contributed by atoms with Gasteiger partial charge in [-0.3, -0.25) is 11.5 Å². The van der Waals surface area contributed by atoms with Gasteiger partial charge in [-0.05, 0) is 6.07 Å². The second-order valence-electron chi connectivity index (χ2n) is 3.17. The van der Waals surface area contributed by atoms with Gasteiger partial charge in [-0.2, -0.15) is 0 Å². The van der Waals surface area contributed by atoms with Gasteiger partial charge in [0, 0.05) is 11.6 Å². The molecule has 0 bridgehead atoms. The number of hydrogen-bond donors (Lipinski definition) is 2. The highest BCUT2D eigenvalue weighted by atomic mass is 35.5. The minimum atomic E-state index is -0.460. The molecule has 2 rings (SSSR count). The minimum Gasteiger partial charge on any atom is -0.722 e. The molecule has 90 valence electrons. The van der Waals surface area contributed by atoms with Crippen LogP contribution in [-0.2, 0) is 0 Å². The maximum absolute atomic E-state index is 11.0. The third kappa shape index (κ3) is 2.34. The summed E-state index contributed by atoms with van der Waals surface area (Å²) >= 11 is 5.95. The Balaban J connectivity index is 2.31. The van der Waals surface area contributed by atoms with Crippen molar-refractivity contribution in [3.63, 3.8) is 0 Å². The topological polar surface area (TPSA) is 109 Å². The Kier molecular flexibility index (Phi) is 2.92. The molecule has 1 aromatic rings. The predicted octanol–water partition coefficient (Wildman–Crippen LogP) is 0.186. The highest BCUT2D eigenvalue weighted by molar-refractivity contribution is 6.33. The number of hydrogen-bond acceptors (Lipinski definition) is 4. The van der Waals surface area contributed by atoms with E-state index < -0.39 is 5.96 Å². The summed E-state index contributed by atoms with van der Waals surface area (Å²) in [6.45, 7) is 0.142. The molecule has 0 aliphatic carbocycles. The lowest BCUT2D eigenvalue weighted by Gasteiger charge is -2.04. The zero-order valence-corrected chi connectivity index (χ0v) is 9.35. The number of nitrogens with two attached hydrogens (primary N) is 2. The molecular formula is C9H9ClN4O3. The van der Waals surface area contributed by atoms with Crippen molar-refractivity contribution >= 4 is 23.8 Å². The Morgan fingerprint density at radius 2 is 2.06 bits per heavy atom. The Morgan fingerprint density at radius 1 is 1.41 bits per heavy atom. The zero-order chi connectivity index (χ0) is 12.4. The number of guanidine groups is 1. The van der Waals surface area contributed by atoms with Crippen molar-refractivity contribution in [2.24, 2.45) is 16.6 Å². The fourth-order valence-electron chi connectivity index (χ4n) is 1.21. The third-order valence-corrected chi connectivity index (χ3v) is 2.34. The van der Waals surface area contributed by atoms with Crippen LogP contribution in [0.15, 0.2) is 17.2 Å². The van der Waals surface area contributed by atoms with Gasteiger partial charge in [0.2, 0.25) is 6.79 Å². The Hall–Kier alpha value is -2.15. The smallest absolute Gasteiger partial charge is 0.366 e. The van der Waals surface area contributed by atoms with Crippen molar-refractivity contribution in [3.8, 4) is 11.5 Å². The number of ether oxygens (including phenoxy) is 2. The predicted molar refractivity (Wildman–Crippen MR) is 62.2 cm³/mol. The van der Waals surface area contributed by atoms with Gasteiger partial charge in [0.05, 0.1) is 11.2 Å². The largest absolute Gasteiger partial charge is 0.722 e. The average Bonchev–Trinajstić information content (AvgIpc) is 2.72. The van der Waals surface area contributed by atoms with E-state index >= 15 is 0 Å². The van der Waals surface area contributed by atoms with Gasteiger partial charge in [0.1, 0.15) is 0 Å². The van der Waals surface area contributed by atoms with E-state index in [1.807, 2.05) is 0 Å². The molecule has 7 nitrogen and oxygen atoms in total. The lowest BCUT2D eigenvalue weighted by molar-refractivity contribution is -0.463. The van der Waals surface area contributed by atoms with E-state index in [0.29, 0.717) is 22.1 Å². The SMILES string of the molecule is NC(N)=[N+]([O-])/N=C/c1cc2c(cc1Cl)OCO2. The molecule has 17 heavy (non-hydrogen) atoms. The van der Waals surface area contributed by atoms with Gasteiger partial charge >= 0.3 is 5.96 Å². The Bertz CT molecular complexity index is 511. The van der Waals surface area contributed by atoms with Crippen LogP contribution in [0.25, 0.3) is 0 Å². The minimum absolute atomic E-state index is 0.0842. The van der Waals surface area contributed by atoms with Crippen LogP contribution in [-0.4, -0.2) is 23.8 Å². The summed E-state index contributed by atoms with van der Waals surface area (Å²) in [6, 6.07) is 3.19. The molecular weight excluding hydrogens is 248 g/mol. The van der Waals surface area contributed by atoms with Gasteiger partial charge in [-0.15, -0.1) is 9.95 Å². The molecule has 0 saturated heterocycles. The number of rotatable bonds is 2. The monoisotopic (exact) mass is 256 g/mol. The first-order valence-electron chi connectivity index (χ1n) is 4.56. The summed E-state index contributed by atoms with van der Waals surface area (Å²) < 4.78 is 10.3. The standard InChI is InChI=1S/C9H9ClN4O3/c10-6-2-8-7(16-4-17-8)1-5(6)3-13-14(15)9(11)12/h1-3H,4,11-12H2/b13-3+. The van der Waals surface area contributed by atoms with Gasteiger partial charge < -0.3 is 14.7 Å². The first-order chi connectivity index (χ1) is 8.08. The van der Waals surface area contributed by atoms with Crippen molar-refractivity contribution in [2.75, 3.05) is 6.79 Å². The molecule has 0 radical (unpaired) electrons. The molecule has 1 aliphatic rings. The number of halogens is 1. The molecule has 1 aliphatic heterocycles. The van der Waals surface area contributed by atoms with Crippen LogP contribution in [0.2, 0.25) is 5.02 Å². The van der Waals surface area contributed by atoms with Gasteiger partial charge in [0.25, 0.3) is 0 Å². The molecule has 0 fully saturated rings. The van der Waals surface area contributed by atoms with Gasteiger partial charge in [-0.25, -0.2) is 0 Å². The molecule has 1 aromatic carbocycles. The number of benzene rings is 1. The van der Waals surface area contributed by atoms with E-state index in [1.54, 1.807) is 12.1 Å². The molecule has 0 atom stereocenters. The van der Waals surface area contributed by atoms with E-state index in [9.17, 15) is 5.21 Å². The number of fused-ring (bicyclic) bond motifs is 1.